The molecule has 0 radical (unpaired) electrons. The number of rotatable bonds is 8. The zero-order chi connectivity index (χ0) is 10.4. The Hall–Kier alpha value is 0.270. The summed E-state index contributed by atoms with van der Waals surface area (Å²) in [5, 5.41) is 0. The Morgan fingerprint density at radius 2 is 2.14 bits per heavy atom. The van der Waals surface area contributed by atoms with Gasteiger partial charge >= 0.3 is 0 Å². The number of hydrogen-bond donors (Lipinski definition) is 0. The van der Waals surface area contributed by atoms with Crippen molar-refractivity contribution in [2.45, 2.75) is 19.8 Å². The molecule has 0 N–H and O–H groups in total. The third kappa shape index (κ3) is 3.79. The molecule has 0 aromatic heterocycles. The summed E-state index contributed by atoms with van der Waals surface area (Å²) in [4.78, 5) is 2.56. The van der Waals surface area contributed by atoms with E-state index in [0.717, 1.165) is 6.61 Å². The molecule has 1 aliphatic rings. The maximum Gasteiger partial charge on any atom is 0.0530 e. The van der Waals surface area contributed by atoms with Gasteiger partial charge in [0.15, 0.2) is 0 Å². The van der Waals surface area contributed by atoms with Crippen LogP contribution in [0.1, 0.15) is 19.8 Å². The van der Waals surface area contributed by atoms with Crippen molar-refractivity contribution in [1.29, 1.82) is 0 Å². The summed E-state index contributed by atoms with van der Waals surface area (Å²) >= 11 is 1.93. The summed E-state index contributed by atoms with van der Waals surface area (Å²) in [5.41, 5.74) is 0.517. The van der Waals surface area contributed by atoms with Crippen molar-refractivity contribution in [2.75, 3.05) is 45.4 Å². The summed E-state index contributed by atoms with van der Waals surface area (Å²) in [6.07, 6.45) is 4.89. The first-order valence-corrected chi connectivity index (χ1v) is 6.86. The largest absolute Gasteiger partial charge is 0.384 e. The van der Waals surface area contributed by atoms with Gasteiger partial charge in [0, 0.05) is 31.4 Å². The third-order valence-corrected chi connectivity index (χ3v) is 3.62. The summed E-state index contributed by atoms with van der Waals surface area (Å²) in [6, 6.07) is 0. The van der Waals surface area contributed by atoms with Crippen LogP contribution in [0.3, 0.4) is 0 Å². The molecule has 0 spiro atoms. The fourth-order valence-electron chi connectivity index (χ4n) is 1.87. The maximum absolute atomic E-state index is 5.29. The smallest absolute Gasteiger partial charge is 0.0530 e. The topological polar surface area (TPSA) is 12.5 Å². The second-order valence-corrected chi connectivity index (χ2v) is 5.28. The normalized spacial score (nSPS) is 18.9. The minimum Gasteiger partial charge on any atom is -0.384 e. The molecule has 0 aromatic rings. The lowest BCUT2D eigenvalue weighted by molar-refractivity contribution is 0.112. The van der Waals surface area contributed by atoms with Crippen LogP contribution in [0.2, 0.25) is 0 Å². The zero-order valence-electron chi connectivity index (χ0n) is 9.71. The van der Waals surface area contributed by atoms with Crippen molar-refractivity contribution >= 4 is 11.8 Å². The van der Waals surface area contributed by atoms with Crippen LogP contribution in [0.5, 0.6) is 0 Å². The highest BCUT2D eigenvalue weighted by atomic mass is 32.2. The molecular weight excluding hydrogens is 194 g/mol. The first kappa shape index (κ1) is 12.3. The number of hydrogen-bond acceptors (Lipinski definition) is 3. The molecule has 0 saturated heterocycles. The van der Waals surface area contributed by atoms with Crippen molar-refractivity contribution in [3.05, 3.63) is 0 Å². The highest BCUT2D eigenvalue weighted by Crippen LogP contribution is 2.46. The van der Waals surface area contributed by atoms with Gasteiger partial charge < -0.3 is 9.64 Å². The Bertz CT molecular complexity index is 159. The Labute approximate surface area is 92.4 Å². The van der Waals surface area contributed by atoms with E-state index in [0.29, 0.717) is 5.41 Å². The Kier molecular flexibility index (Phi) is 5.28. The quantitative estimate of drug-likeness (QED) is 0.618. The summed E-state index contributed by atoms with van der Waals surface area (Å²) in [6.45, 7) is 6.83. The van der Waals surface area contributed by atoms with Crippen molar-refractivity contribution in [1.82, 2.24) is 4.90 Å². The predicted molar refractivity (Wildman–Crippen MR) is 64.0 cm³/mol. The van der Waals surface area contributed by atoms with E-state index >= 15 is 0 Å². The number of ether oxygens (including phenoxy) is 1. The predicted octanol–water partition coefficient (Wildman–Crippen LogP) is 2.10. The van der Waals surface area contributed by atoms with Crippen molar-refractivity contribution in [3.63, 3.8) is 0 Å². The molecule has 1 saturated carbocycles. The van der Waals surface area contributed by atoms with Gasteiger partial charge in [0.1, 0.15) is 0 Å². The fourth-order valence-corrected chi connectivity index (χ4v) is 2.32. The van der Waals surface area contributed by atoms with E-state index in [9.17, 15) is 0 Å². The van der Waals surface area contributed by atoms with Crippen LogP contribution in [-0.4, -0.2) is 50.3 Å². The number of nitrogens with zero attached hydrogens (tertiary/aromatic N) is 1. The summed E-state index contributed by atoms with van der Waals surface area (Å²) < 4.78 is 5.29. The molecule has 1 fully saturated rings. The van der Waals surface area contributed by atoms with Gasteiger partial charge in [-0.05, 0) is 25.6 Å². The first-order chi connectivity index (χ1) is 6.76. The van der Waals surface area contributed by atoms with E-state index in [1.54, 1.807) is 0 Å². The molecule has 14 heavy (non-hydrogen) atoms. The van der Waals surface area contributed by atoms with E-state index in [1.165, 1.54) is 38.2 Å². The van der Waals surface area contributed by atoms with Crippen LogP contribution < -0.4 is 0 Å². The van der Waals surface area contributed by atoms with Gasteiger partial charge in [-0.2, -0.15) is 11.8 Å². The molecule has 84 valence electrons. The highest BCUT2D eigenvalue weighted by molar-refractivity contribution is 7.98. The molecule has 0 atom stereocenters. The third-order valence-electron chi connectivity index (χ3n) is 3.03. The second kappa shape index (κ2) is 5.99. The molecule has 0 heterocycles. The highest BCUT2D eigenvalue weighted by Gasteiger charge is 2.43. The molecular formula is C11H23NOS. The lowest BCUT2D eigenvalue weighted by atomic mass is 10.1. The first-order valence-electron chi connectivity index (χ1n) is 5.46. The van der Waals surface area contributed by atoms with Crippen LogP contribution in [-0.2, 0) is 4.74 Å². The SMILES string of the molecule is CCN(CCSC)CC1(COC)CC1. The van der Waals surface area contributed by atoms with Gasteiger partial charge in [-0.15, -0.1) is 0 Å². The van der Waals surface area contributed by atoms with Crippen molar-refractivity contribution < 1.29 is 4.74 Å². The monoisotopic (exact) mass is 217 g/mol. The van der Waals surface area contributed by atoms with E-state index in [2.05, 4.69) is 18.1 Å². The maximum atomic E-state index is 5.29. The lowest BCUT2D eigenvalue weighted by Gasteiger charge is -2.25. The summed E-state index contributed by atoms with van der Waals surface area (Å²) in [7, 11) is 1.82. The molecule has 0 bridgehead atoms. The fraction of sp³-hybridized carbons (Fsp3) is 1.00. The van der Waals surface area contributed by atoms with Crippen LogP contribution in [0.15, 0.2) is 0 Å². The van der Waals surface area contributed by atoms with Gasteiger partial charge in [0.2, 0.25) is 0 Å². The average Bonchev–Trinajstić information content (AvgIpc) is 2.93. The lowest BCUT2D eigenvalue weighted by Crippen LogP contribution is -2.34. The number of methoxy groups -OCH3 is 1. The number of thioether (sulfide) groups is 1. The van der Waals surface area contributed by atoms with Crippen LogP contribution in [0.25, 0.3) is 0 Å². The molecule has 1 aliphatic carbocycles. The zero-order valence-corrected chi connectivity index (χ0v) is 10.5. The minimum absolute atomic E-state index is 0.517. The van der Waals surface area contributed by atoms with Crippen LogP contribution in [0.4, 0.5) is 0 Å². The molecule has 3 heteroatoms. The van der Waals surface area contributed by atoms with E-state index in [-0.39, 0.29) is 0 Å². The van der Waals surface area contributed by atoms with Gasteiger partial charge in [-0.25, -0.2) is 0 Å². The van der Waals surface area contributed by atoms with Crippen LogP contribution in [0, 0.1) is 5.41 Å². The van der Waals surface area contributed by atoms with Crippen molar-refractivity contribution in [2.24, 2.45) is 5.41 Å². The molecule has 0 aromatic carbocycles. The molecule has 0 aliphatic heterocycles. The van der Waals surface area contributed by atoms with Crippen molar-refractivity contribution in [3.8, 4) is 0 Å². The van der Waals surface area contributed by atoms with E-state index < -0.39 is 0 Å². The Balaban J connectivity index is 2.25. The molecule has 2 nitrogen and oxygen atoms in total. The molecule has 0 unspecified atom stereocenters. The van der Waals surface area contributed by atoms with E-state index in [4.69, 9.17) is 4.74 Å². The summed E-state index contributed by atoms with van der Waals surface area (Å²) in [5.74, 6) is 1.25. The van der Waals surface area contributed by atoms with Crippen LogP contribution >= 0.6 is 11.8 Å². The Morgan fingerprint density at radius 3 is 2.57 bits per heavy atom. The van der Waals surface area contributed by atoms with Gasteiger partial charge in [-0.3, -0.25) is 0 Å². The molecule has 1 rings (SSSR count). The minimum atomic E-state index is 0.517. The molecule has 0 amide bonds. The average molecular weight is 217 g/mol. The second-order valence-electron chi connectivity index (χ2n) is 4.29. The van der Waals surface area contributed by atoms with Gasteiger partial charge in [0.05, 0.1) is 6.61 Å². The Morgan fingerprint density at radius 1 is 1.43 bits per heavy atom. The standard InChI is InChI=1S/C11H23NOS/c1-4-12(7-8-14-3)9-11(5-6-11)10-13-2/h4-10H2,1-3H3. The van der Waals surface area contributed by atoms with Gasteiger partial charge in [0.25, 0.3) is 0 Å². The van der Waals surface area contributed by atoms with Gasteiger partial charge in [-0.1, -0.05) is 6.92 Å². The van der Waals surface area contributed by atoms with E-state index in [1.807, 2.05) is 18.9 Å².